The summed E-state index contributed by atoms with van der Waals surface area (Å²) in [6.45, 7) is 0. The fourth-order valence-electron chi connectivity index (χ4n) is 0.687. The van der Waals surface area contributed by atoms with Crippen molar-refractivity contribution < 1.29 is 14.6 Å². The van der Waals surface area contributed by atoms with Crippen molar-refractivity contribution in [1.29, 1.82) is 0 Å². The van der Waals surface area contributed by atoms with Gasteiger partial charge < -0.3 is 9.84 Å². The zero-order valence-electron chi connectivity index (χ0n) is 6.54. The van der Waals surface area contributed by atoms with Gasteiger partial charge in [0.1, 0.15) is 3.70 Å². The Labute approximate surface area is 102 Å². The summed E-state index contributed by atoms with van der Waals surface area (Å²) in [5.74, 6) is -0.412. The van der Waals surface area contributed by atoms with E-state index in [0.717, 1.165) is 0 Å². The Morgan fingerprint density at radius 2 is 2.23 bits per heavy atom. The largest absolute Gasteiger partial charge is 0.504 e. The van der Waals surface area contributed by atoms with Gasteiger partial charge >= 0.3 is 5.97 Å². The number of methoxy groups -OCH3 is 1. The molecule has 0 atom stereocenters. The lowest BCUT2D eigenvalue weighted by Gasteiger charge is -2.02. The number of nitrogens with zero attached hydrogens (tertiary/aromatic N) is 1. The predicted octanol–water partition coefficient (Wildman–Crippen LogP) is 1.78. The van der Waals surface area contributed by atoms with Crippen molar-refractivity contribution in [3.8, 4) is 5.75 Å². The third kappa shape index (κ3) is 2.42. The van der Waals surface area contributed by atoms with Crippen molar-refractivity contribution in [2.24, 2.45) is 0 Å². The number of ether oxygens (including phenoxy) is 1. The average molecular weight is 405 g/mol. The second-order valence-corrected chi connectivity index (χ2v) is 4.30. The maximum atomic E-state index is 11.1. The van der Waals surface area contributed by atoms with Gasteiger partial charge in [-0.25, -0.2) is 9.78 Å². The minimum atomic E-state index is -0.504. The minimum Gasteiger partial charge on any atom is -0.504 e. The fraction of sp³-hybridized carbons (Fsp3) is 0.143. The number of aromatic nitrogens is 1. The second-order valence-electron chi connectivity index (χ2n) is 2.12. The van der Waals surface area contributed by atoms with E-state index < -0.39 is 5.97 Å². The summed E-state index contributed by atoms with van der Waals surface area (Å²) in [5.41, 5.74) is 0.203. The molecule has 1 aromatic rings. The van der Waals surface area contributed by atoms with E-state index in [2.05, 4.69) is 9.72 Å². The van der Waals surface area contributed by atoms with Gasteiger partial charge in [0.2, 0.25) is 0 Å². The van der Waals surface area contributed by atoms with Crippen molar-refractivity contribution in [2.45, 2.75) is 0 Å². The first-order valence-corrected chi connectivity index (χ1v) is 5.35. The SMILES string of the molecule is COC(=O)c1cc(I)c(O)c(I)n1. The molecule has 0 spiro atoms. The second kappa shape index (κ2) is 4.40. The molecule has 0 fully saturated rings. The molecule has 0 aromatic carbocycles. The maximum Gasteiger partial charge on any atom is 0.356 e. The van der Waals surface area contributed by atoms with Gasteiger partial charge in [-0.2, -0.15) is 0 Å². The number of hydrogen-bond acceptors (Lipinski definition) is 4. The highest BCUT2D eigenvalue weighted by Crippen LogP contribution is 2.24. The lowest BCUT2D eigenvalue weighted by molar-refractivity contribution is 0.0593. The number of esters is 1. The Morgan fingerprint density at radius 1 is 1.62 bits per heavy atom. The highest BCUT2D eigenvalue weighted by Gasteiger charge is 2.13. The summed E-state index contributed by atoms with van der Waals surface area (Å²) in [5, 5.41) is 9.36. The van der Waals surface area contributed by atoms with E-state index in [4.69, 9.17) is 0 Å². The molecule has 0 saturated heterocycles. The molecule has 0 amide bonds. The van der Waals surface area contributed by atoms with Crippen LogP contribution in [-0.4, -0.2) is 23.2 Å². The van der Waals surface area contributed by atoms with Gasteiger partial charge in [-0.1, -0.05) is 0 Å². The lowest BCUT2D eigenvalue weighted by atomic mass is 10.3. The Balaban J connectivity index is 3.20. The molecule has 1 aromatic heterocycles. The predicted molar refractivity (Wildman–Crippen MR) is 62.7 cm³/mol. The molecule has 0 aliphatic carbocycles. The van der Waals surface area contributed by atoms with Crippen molar-refractivity contribution in [1.82, 2.24) is 4.98 Å². The first-order chi connectivity index (χ1) is 6.06. The summed E-state index contributed by atoms with van der Waals surface area (Å²) >= 11 is 3.77. The average Bonchev–Trinajstić information content (AvgIpc) is 2.12. The van der Waals surface area contributed by atoms with Gasteiger partial charge in [0.15, 0.2) is 11.4 Å². The molecule has 1 heterocycles. The number of hydrogen-bond donors (Lipinski definition) is 1. The van der Waals surface area contributed by atoms with Crippen LogP contribution in [0, 0.1) is 7.27 Å². The molecule has 0 radical (unpaired) electrons. The van der Waals surface area contributed by atoms with Gasteiger partial charge in [0.25, 0.3) is 0 Å². The summed E-state index contributed by atoms with van der Waals surface area (Å²) in [6.07, 6.45) is 0. The zero-order valence-corrected chi connectivity index (χ0v) is 10.9. The van der Waals surface area contributed by atoms with Crippen molar-refractivity contribution >= 4 is 51.2 Å². The quantitative estimate of drug-likeness (QED) is 0.440. The molecule has 70 valence electrons. The van der Waals surface area contributed by atoms with Crippen LogP contribution in [0.5, 0.6) is 5.75 Å². The summed E-state index contributed by atoms with van der Waals surface area (Å²) in [6, 6.07) is 1.48. The van der Waals surface area contributed by atoms with E-state index in [1.54, 1.807) is 0 Å². The maximum absolute atomic E-state index is 11.1. The monoisotopic (exact) mass is 405 g/mol. The van der Waals surface area contributed by atoms with Crippen LogP contribution in [0.15, 0.2) is 6.07 Å². The normalized spacial score (nSPS) is 9.77. The number of aromatic hydroxyl groups is 1. The highest BCUT2D eigenvalue weighted by atomic mass is 127. The van der Waals surface area contributed by atoms with Crippen LogP contribution in [0.4, 0.5) is 0 Å². The third-order valence-corrected chi connectivity index (χ3v) is 2.87. The molecule has 4 nitrogen and oxygen atoms in total. The lowest BCUT2D eigenvalue weighted by Crippen LogP contribution is -2.05. The molecule has 0 unspecified atom stereocenters. The molecule has 0 aliphatic heterocycles. The minimum absolute atomic E-state index is 0.0915. The molecule has 6 heteroatoms. The molecular weight excluding hydrogens is 400 g/mol. The smallest absolute Gasteiger partial charge is 0.356 e. The van der Waals surface area contributed by atoms with Gasteiger partial charge in [-0.05, 0) is 51.2 Å². The van der Waals surface area contributed by atoms with Crippen LogP contribution >= 0.6 is 45.2 Å². The van der Waals surface area contributed by atoms with Crippen molar-refractivity contribution in [3.05, 3.63) is 19.0 Å². The van der Waals surface area contributed by atoms with Crippen molar-refractivity contribution in [3.63, 3.8) is 0 Å². The van der Waals surface area contributed by atoms with Crippen LogP contribution in [0.2, 0.25) is 0 Å². The van der Waals surface area contributed by atoms with Crippen LogP contribution in [0.25, 0.3) is 0 Å². The highest BCUT2D eigenvalue weighted by molar-refractivity contribution is 14.1. The van der Waals surface area contributed by atoms with E-state index in [1.165, 1.54) is 13.2 Å². The van der Waals surface area contributed by atoms with Gasteiger partial charge in [0, 0.05) is 0 Å². The Hall–Kier alpha value is -0.120. The number of carbonyl (C=O) groups excluding carboxylic acids is 1. The topological polar surface area (TPSA) is 59.4 Å². The van der Waals surface area contributed by atoms with Crippen LogP contribution in [0.1, 0.15) is 10.5 Å². The molecule has 13 heavy (non-hydrogen) atoms. The summed E-state index contributed by atoms with van der Waals surface area (Å²) in [7, 11) is 1.29. The fourth-order valence-corrected chi connectivity index (χ4v) is 2.30. The molecular formula is C7H5I2NO3. The Bertz CT molecular complexity index is 331. The van der Waals surface area contributed by atoms with Crippen molar-refractivity contribution in [2.75, 3.05) is 7.11 Å². The van der Waals surface area contributed by atoms with Crippen LogP contribution < -0.4 is 0 Å². The summed E-state index contributed by atoms with van der Waals surface area (Å²) in [4.78, 5) is 14.9. The van der Waals surface area contributed by atoms with E-state index in [1.807, 2.05) is 45.2 Å². The van der Waals surface area contributed by atoms with E-state index in [0.29, 0.717) is 7.27 Å². The zero-order chi connectivity index (χ0) is 10.0. The Morgan fingerprint density at radius 3 is 2.69 bits per heavy atom. The standard InChI is InChI=1S/C7H5I2NO3/c1-13-7(12)4-2-3(8)5(11)6(9)10-4/h2,11H,1H3. The first kappa shape index (κ1) is 11.0. The van der Waals surface area contributed by atoms with Gasteiger partial charge in [-0.15, -0.1) is 0 Å². The summed E-state index contributed by atoms with van der Waals surface area (Å²) < 4.78 is 5.47. The van der Waals surface area contributed by atoms with Gasteiger partial charge in [-0.3, -0.25) is 0 Å². The van der Waals surface area contributed by atoms with E-state index in [9.17, 15) is 9.90 Å². The molecule has 0 saturated carbocycles. The molecule has 0 bridgehead atoms. The molecule has 1 rings (SSSR count). The first-order valence-electron chi connectivity index (χ1n) is 3.19. The molecule has 1 N–H and O–H groups in total. The van der Waals surface area contributed by atoms with E-state index in [-0.39, 0.29) is 11.4 Å². The number of carbonyl (C=O) groups is 1. The number of halogens is 2. The van der Waals surface area contributed by atoms with Crippen LogP contribution in [0.3, 0.4) is 0 Å². The molecule has 0 aliphatic rings. The Kier molecular flexibility index (Phi) is 3.71. The van der Waals surface area contributed by atoms with E-state index >= 15 is 0 Å². The van der Waals surface area contributed by atoms with Crippen LogP contribution in [-0.2, 0) is 4.74 Å². The van der Waals surface area contributed by atoms with Gasteiger partial charge in [0.05, 0.1) is 10.7 Å². The number of rotatable bonds is 1. The number of pyridine rings is 1. The third-order valence-electron chi connectivity index (χ3n) is 1.30.